The van der Waals surface area contributed by atoms with Crippen molar-refractivity contribution >= 4 is 45.5 Å². The predicted octanol–water partition coefficient (Wildman–Crippen LogP) is 16.2. The Morgan fingerprint density at radius 1 is 0.677 bits per heavy atom. The van der Waals surface area contributed by atoms with E-state index < -0.39 is 68.9 Å². The molecule has 130 heavy (non-hydrogen) atoms. The largest absolute Gasteiger partial charge is 0.508 e. The van der Waals surface area contributed by atoms with Crippen LogP contribution in [0.25, 0.3) is 28.7 Å². The van der Waals surface area contributed by atoms with Crippen LogP contribution >= 0.6 is 0 Å². The number of carboxylic acid groups (broad SMARTS) is 2. The number of aliphatic hydroxyl groups excluding tert-OH is 1. The number of alkyl halides is 3. The molecule has 4 aliphatic heterocycles. The van der Waals surface area contributed by atoms with Gasteiger partial charge < -0.3 is 45.3 Å². The number of aromatic carboxylic acids is 1. The van der Waals surface area contributed by atoms with Crippen LogP contribution in [0.1, 0.15) is 132 Å². The number of aromatic nitrogens is 4. The van der Waals surface area contributed by atoms with Gasteiger partial charge in [-0.25, -0.2) is 54.0 Å². The maximum Gasteiger partial charge on any atom is 0.435 e. The summed E-state index contributed by atoms with van der Waals surface area (Å²) in [6.07, 6.45) is 9.13. The smallest absolute Gasteiger partial charge is 0.435 e. The lowest BCUT2D eigenvalue weighted by Crippen LogP contribution is -2.57. The summed E-state index contributed by atoms with van der Waals surface area (Å²) in [6, 6.07) is 48.4. The number of aliphatic carboxylic acids is 1. The molecular formula is C97H98F9N9O14S. The number of esters is 1. The van der Waals surface area contributed by atoms with E-state index in [-0.39, 0.29) is 111 Å². The fourth-order valence-corrected chi connectivity index (χ4v) is 17.3. The second-order valence-electron chi connectivity index (χ2n) is 32.4. The monoisotopic (exact) mass is 1810 g/mol. The molecular weight excluding hydrogens is 1710 g/mol. The van der Waals surface area contributed by atoms with Gasteiger partial charge in [0.05, 0.1) is 72.3 Å². The molecule has 6 N–H and O–H groups in total. The number of hydrogen-bond acceptors (Lipinski definition) is 18. The standard InChI is InChI=1S/C25H29FN2O.C24H28FNO3.C17H12F4N2O2S.C15H14FN3O3.C9H10FNO3.C7H5FO2/c26-21-7-5-19(6-8-21)17-27-14-10-24(29)23(18-27)28-15-12-25(13-16-28)11-9-20-3-1-2-4-22(20)25;1-28-22-13-18-12-19(24(27)21(18)14-23(22)29-2)11-16-7-9-26(10-8-16)15-17-3-5-20(25)6-4-17;1-26(24,25)14-8-6-13(7-9-14)23-15(10-16(22-23)17(19,20)21)11-2-4-12(18)5-3-11;1-3-22-15(21)13-12-7-18(2)14(20)10-6-9(16)4-5-11(10)19(12)8-17-13;10-7-4-6(12)2-1-5(7)3-8(11)9(13)14;8-6-3-1-5(2-4-6)7(9)10/h1-9,11,23-24,29H,10,12-18H2;3-6,13-14,16,19H,7-12,15H2,1-2H3;2-10H,1H3;4-6,8H,3,7H2,1-2H3;1-2,4,8,12H,3,11H2,(H,13,14);1-4H,(H,9,10)/t23-,24-;;;;8-;/m1...0./s1/i26-1;25-1;18-1;16-1;10-1;8-1. The lowest BCUT2D eigenvalue weighted by molar-refractivity contribution is -0.141. The highest BCUT2D eigenvalue weighted by atomic mass is 32.2. The summed E-state index contributed by atoms with van der Waals surface area (Å²) < 4.78 is 159. The number of halogens is 9. The predicted molar refractivity (Wildman–Crippen MR) is 467 cm³/mol. The van der Waals surface area contributed by atoms with Gasteiger partial charge in [0.25, 0.3) is 5.91 Å². The molecule has 684 valence electrons. The molecule has 3 saturated heterocycles. The molecule has 17 rings (SSSR count). The number of benzene rings is 9. The molecule has 6 aliphatic rings. The van der Waals surface area contributed by atoms with Gasteiger partial charge in [-0.15, -0.1) is 0 Å². The van der Waals surface area contributed by atoms with E-state index in [4.69, 9.17) is 35.3 Å². The van der Waals surface area contributed by atoms with Gasteiger partial charge in [-0.3, -0.25) is 33.7 Å². The Labute approximate surface area is 745 Å². The maximum absolute atomic E-state index is 13.5. The van der Waals surface area contributed by atoms with E-state index in [1.807, 2.05) is 36.4 Å². The number of allylic oxidation sites excluding steroid dienone is 1. The fourth-order valence-electron chi connectivity index (χ4n) is 16.7. The van der Waals surface area contributed by atoms with E-state index in [0.717, 1.165) is 167 Å². The lowest BCUT2D eigenvalue weighted by Gasteiger charge is -2.47. The van der Waals surface area contributed by atoms with Crippen LogP contribution in [0, 0.1) is 46.7 Å². The van der Waals surface area contributed by atoms with Crippen LogP contribution in [0.5, 0.6) is 17.2 Å². The second kappa shape index (κ2) is 42.6. The first-order valence-corrected chi connectivity index (χ1v) is 43.8. The third-order valence-corrected chi connectivity index (χ3v) is 24.7. The normalized spacial score (nSPS) is 17.2. The number of phenolic OH excluding ortho intramolecular Hbond substituents is 1. The minimum absolute atomic E-state index is 0.0350. The van der Waals surface area contributed by atoms with Crippen LogP contribution in [0.4, 0.5) is 39.5 Å². The van der Waals surface area contributed by atoms with Crippen molar-refractivity contribution in [2.24, 2.45) is 17.6 Å². The molecule has 11 aromatic rings. The van der Waals surface area contributed by atoms with E-state index in [1.165, 1.54) is 125 Å². The number of ketones is 1. The van der Waals surface area contributed by atoms with E-state index in [2.05, 4.69) is 61.2 Å². The molecule has 2 aromatic heterocycles. The number of likely N-dealkylation sites (tertiary alicyclic amines) is 3. The van der Waals surface area contributed by atoms with Crippen molar-refractivity contribution in [3.63, 3.8) is 0 Å². The van der Waals surface area contributed by atoms with Gasteiger partial charge in [0, 0.05) is 80.5 Å². The van der Waals surface area contributed by atoms with E-state index in [1.54, 1.807) is 32.8 Å². The number of nitrogens with two attached hydrogens (primary N) is 1. The first-order chi connectivity index (χ1) is 62.0. The third kappa shape index (κ3) is 24.2. The van der Waals surface area contributed by atoms with Gasteiger partial charge in [-0.1, -0.05) is 66.7 Å². The van der Waals surface area contributed by atoms with Crippen molar-refractivity contribution in [3.05, 3.63) is 315 Å². The van der Waals surface area contributed by atoms with Crippen LogP contribution in [-0.4, -0.2) is 189 Å². The van der Waals surface area contributed by atoms with Gasteiger partial charge >= 0.3 is 24.1 Å². The number of rotatable bonds is 18. The molecule has 1 unspecified atom stereocenters. The Kier molecular flexibility index (Phi) is 31.6. The number of aromatic hydroxyl groups is 1. The number of carbonyl (C=O) groups is 5. The summed E-state index contributed by atoms with van der Waals surface area (Å²) in [6.45, 7) is 9.66. The highest BCUT2D eigenvalue weighted by Gasteiger charge is 2.43. The molecule has 3 fully saturated rings. The Balaban J connectivity index is 0.000000145. The molecule has 9 aromatic carbocycles. The number of carbonyl (C=O) groups excluding carboxylic acids is 3. The summed E-state index contributed by atoms with van der Waals surface area (Å²) >= 11 is 0. The third-order valence-electron chi connectivity index (χ3n) is 23.6. The van der Waals surface area contributed by atoms with Crippen LogP contribution < -0.4 is 15.2 Å². The average Bonchev–Trinajstić information content (AvgIpc) is 1.62. The number of aliphatic hydroxyl groups is 1. The van der Waals surface area contributed by atoms with Gasteiger partial charge in [-0.2, -0.15) is 18.3 Å². The van der Waals surface area contributed by atoms with Crippen LogP contribution in [0.3, 0.4) is 0 Å². The lowest BCUT2D eigenvalue weighted by atomic mass is 9.74. The summed E-state index contributed by atoms with van der Waals surface area (Å²) in [7, 11) is 1.38. The number of nitrogens with zero attached hydrogens (tertiary/aromatic N) is 8. The average molecular weight is 1810 g/mol. The van der Waals surface area contributed by atoms with Gasteiger partial charge in [0.1, 0.15) is 53.0 Å². The molecule has 0 bridgehead atoms. The second-order valence-corrected chi connectivity index (χ2v) is 34.4. The molecule has 23 nitrogen and oxygen atoms in total. The first-order valence-electron chi connectivity index (χ1n) is 41.9. The number of phenols is 1. The minimum atomic E-state index is -4.66. The first kappa shape index (κ1) is 96.3. The number of Topliss-reactive ketones (excluding diaryl/α,β-unsaturated/α-hetero) is 1. The quantitative estimate of drug-likeness (QED) is 0.0394. The van der Waals surface area contributed by atoms with Crippen molar-refractivity contribution in [1.29, 1.82) is 0 Å². The van der Waals surface area contributed by atoms with Crippen LogP contribution in [-0.2, 0) is 63.4 Å². The number of hydrogen-bond donors (Lipinski definition) is 5. The molecule has 33 heteroatoms. The van der Waals surface area contributed by atoms with Crippen molar-refractivity contribution in [3.8, 4) is 39.9 Å². The van der Waals surface area contributed by atoms with E-state index >= 15 is 0 Å². The van der Waals surface area contributed by atoms with Crippen LogP contribution in [0.15, 0.2) is 217 Å². The number of methoxy groups -OCH3 is 2. The zero-order valence-corrected chi connectivity index (χ0v) is 72.6. The summed E-state index contributed by atoms with van der Waals surface area (Å²) in [5, 5.41) is 40.1. The highest BCUT2D eigenvalue weighted by Crippen LogP contribution is 2.45. The number of imidazole rings is 1. The number of sulfone groups is 1. The molecule has 0 radical (unpaired) electrons. The van der Waals surface area contributed by atoms with Crippen molar-refractivity contribution in [2.75, 3.05) is 73.4 Å². The van der Waals surface area contributed by atoms with E-state index in [9.17, 15) is 77.0 Å². The number of fused-ring (bicyclic) bond motifs is 6. The SMILES string of the molecule is CCOC(=O)c1ncn2c1CN(C)C(=O)c1cc([18F])ccc1-2.COc1cc2c(cc1OC)C(=O)C(CC1CCN(Cc3ccc([18F])cc3)CC1)C2.CS(=O)(=O)c1ccc(-n2nc(C(F)(F)F)cc2-c2ccc([18F])cc2)cc1.N[C@@H](Cc1ccc(O)cc1[18F])C(=O)O.O=C(O)c1ccc([18F])cc1.O[C@@H]1CCN(Cc2ccc([18F])cc2)C[C@H]1N1CCC2(C=Cc3ccccc32)CC1. The maximum atomic E-state index is 13.5. The summed E-state index contributed by atoms with van der Waals surface area (Å²) in [5.74, 6) is -3.55. The van der Waals surface area contributed by atoms with Gasteiger partial charge in [0.2, 0.25) is 0 Å². The van der Waals surface area contributed by atoms with Gasteiger partial charge in [-0.05, 0) is 257 Å². The number of amides is 1. The number of carboxylic acids is 2. The zero-order valence-electron chi connectivity index (χ0n) is 71.7. The fraction of sp³-hybridized carbons (Fsp3) is 0.309. The zero-order chi connectivity index (χ0) is 93.5. The molecule has 1 amide bonds. The van der Waals surface area contributed by atoms with Gasteiger partial charge in [0.15, 0.2) is 38.5 Å². The van der Waals surface area contributed by atoms with E-state index in [0.29, 0.717) is 34.4 Å². The molecule has 2 aliphatic carbocycles. The molecule has 0 saturated carbocycles. The number of ether oxygens (including phenoxy) is 3. The molecule has 6 heterocycles. The topological polar surface area (TPSA) is 303 Å². The Bertz CT molecular complexity index is 5970. The van der Waals surface area contributed by atoms with Crippen molar-refractivity contribution in [2.45, 2.75) is 113 Å². The Morgan fingerprint density at radius 3 is 1.85 bits per heavy atom. The molecule has 1 spiro atoms. The highest BCUT2D eigenvalue weighted by molar-refractivity contribution is 7.90. The molecule has 4 atom stereocenters. The van der Waals surface area contributed by atoms with Crippen molar-refractivity contribution in [1.82, 2.24) is 38.9 Å². The summed E-state index contributed by atoms with van der Waals surface area (Å²) in [4.78, 5) is 70.7. The number of piperidine rings is 3. The van der Waals surface area contributed by atoms with Crippen molar-refractivity contribution < 1.29 is 107 Å². The Morgan fingerprint density at radius 2 is 1.26 bits per heavy atom. The Hall–Kier alpha value is -12.8. The van der Waals surface area contributed by atoms with Crippen LogP contribution in [0.2, 0.25) is 0 Å². The summed E-state index contributed by atoms with van der Waals surface area (Å²) in [5.41, 5.74) is 13.7. The minimum Gasteiger partial charge on any atom is -0.508 e.